The Morgan fingerprint density at radius 2 is 1.86 bits per heavy atom. The van der Waals surface area contributed by atoms with Crippen molar-refractivity contribution >= 4 is 17.6 Å². The van der Waals surface area contributed by atoms with Gasteiger partial charge >= 0.3 is 6.03 Å². The monoisotopic (exact) mass is 493 g/mol. The van der Waals surface area contributed by atoms with Crippen LogP contribution in [-0.4, -0.2) is 43.5 Å². The lowest BCUT2D eigenvalue weighted by Crippen LogP contribution is -2.36. The summed E-state index contributed by atoms with van der Waals surface area (Å²) in [5.74, 6) is -1.08. The molecule has 0 bridgehead atoms. The highest BCUT2D eigenvalue weighted by molar-refractivity contribution is 5.77. The van der Waals surface area contributed by atoms with Crippen LogP contribution >= 0.6 is 0 Å². The molecule has 9 heteroatoms. The smallest absolute Gasteiger partial charge is 0.312 e. The van der Waals surface area contributed by atoms with Gasteiger partial charge in [-0.05, 0) is 49.7 Å². The van der Waals surface area contributed by atoms with E-state index in [-0.39, 0.29) is 41.5 Å². The van der Waals surface area contributed by atoms with Crippen LogP contribution in [0, 0.1) is 23.0 Å². The van der Waals surface area contributed by atoms with Crippen molar-refractivity contribution in [3.05, 3.63) is 41.5 Å². The fourth-order valence-corrected chi connectivity index (χ4v) is 4.02. The van der Waals surface area contributed by atoms with Gasteiger partial charge in [-0.25, -0.2) is 13.6 Å². The molecule has 3 amide bonds. The van der Waals surface area contributed by atoms with Gasteiger partial charge < -0.3 is 16.0 Å². The Kier molecular flexibility index (Phi) is 13.1. The third kappa shape index (κ3) is 10.1. The van der Waals surface area contributed by atoms with E-state index in [0.717, 1.165) is 25.7 Å². The Morgan fingerprint density at radius 3 is 2.40 bits per heavy atom. The molecular weight excluding hydrogens is 452 g/mol. The summed E-state index contributed by atoms with van der Waals surface area (Å²) < 4.78 is 28.7. The number of hydrogen-bond donors (Lipinski definition) is 2. The molecule has 0 spiro atoms. The molecule has 196 valence electrons. The van der Waals surface area contributed by atoms with E-state index in [1.165, 1.54) is 25.2 Å². The van der Waals surface area contributed by atoms with Crippen molar-refractivity contribution in [1.29, 1.82) is 0 Å². The van der Waals surface area contributed by atoms with Crippen LogP contribution in [0.5, 0.6) is 0 Å². The average Bonchev–Trinajstić information content (AvgIpc) is 2.80. The molecule has 0 unspecified atom stereocenters. The second-order valence-electron chi connectivity index (χ2n) is 9.27. The highest BCUT2D eigenvalue weighted by atomic mass is 19.1. The van der Waals surface area contributed by atoms with Gasteiger partial charge in [-0.1, -0.05) is 45.8 Å². The standard InChI is InChI=1S/C26H41F2N5O2/c1-6-26(3,4)19(11-8-9-18-33(7-2)23(34)16-17-31-25(29)35)14-15-22(32-30-5)24-20(27)12-10-13-21(24)28/h10,12-13,15,19H,6-9,11,14,16-18H2,1-5H3,(H3,29,31,35)/b22-15-,32-30-/t19-/m0/s1. The number of nitrogens with one attached hydrogen (secondary N) is 1. The molecule has 0 aromatic heterocycles. The second kappa shape index (κ2) is 15.2. The number of primary amides is 1. The number of carbonyl (C=O) groups excluding carboxylic acids is 2. The van der Waals surface area contributed by atoms with E-state index in [0.29, 0.717) is 19.5 Å². The number of hydrogen-bond acceptors (Lipinski definition) is 4. The Bertz CT molecular complexity index is 866. The van der Waals surface area contributed by atoms with Crippen LogP contribution in [0.1, 0.15) is 71.8 Å². The molecule has 0 aliphatic heterocycles. The van der Waals surface area contributed by atoms with Gasteiger partial charge in [-0.3, -0.25) is 4.79 Å². The fraction of sp³-hybridized carbons (Fsp3) is 0.615. The molecule has 1 aromatic carbocycles. The quantitative estimate of drug-likeness (QED) is 0.234. The lowest BCUT2D eigenvalue weighted by atomic mass is 9.72. The van der Waals surface area contributed by atoms with Gasteiger partial charge in [0.05, 0.1) is 11.3 Å². The number of rotatable bonds is 15. The minimum absolute atomic E-state index is 0.0133. The molecule has 0 radical (unpaired) electrons. The molecule has 1 atom stereocenters. The van der Waals surface area contributed by atoms with E-state index in [4.69, 9.17) is 5.73 Å². The van der Waals surface area contributed by atoms with E-state index in [9.17, 15) is 18.4 Å². The lowest BCUT2D eigenvalue weighted by molar-refractivity contribution is -0.130. The SMILES string of the molecule is CCN(CCCC[C@@H](C/C=C(\N=N/C)c1c(F)cccc1F)C(C)(C)CC)C(=O)CCNC(N)=O. The molecule has 0 aliphatic carbocycles. The van der Waals surface area contributed by atoms with Crippen molar-refractivity contribution in [2.45, 2.75) is 66.2 Å². The average molecular weight is 494 g/mol. The molecule has 0 heterocycles. The summed E-state index contributed by atoms with van der Waals surface area (Å²) >= 11 is 0. The Morgan fingerprint density at radius 1 is 1.20 bits per heavy atom. The van der Waals surface area contributed by atoms with E-state index in [1.807, 2.05) is 6.92 Å². The molecule has 3 N–H and O–H groups in total. The number of allylic oxidation sites excluding steroid dienone is 1. The number of carbonyl (C=O) groups is 2. The molecule has 0 saturated heterocycles. The normalized spacial score (nSPS) is 13.2. The van der Waals surface area contributed by atoms with Crippen LogP contribution in [-0.2, 0) is 4.79 Å². The highest BCUT2D eigenvalue weighted by Gasteiger charge is 2.27. The molecule has 0 fully saturated rings. The Hall–Kier alpha value is -2.84. The van der Waals surface area contributed by atoms with Crippen LogP contribution in [0.3, 0.4) is 0 Å². The maximum Gasteiger partial charge on any atom is 0.312 e. The first-order valence-corrected chi connectivity index (χ1v) is 12.3. The van der Waals surface area contributed by atoms with Crippen LogP contribution in [0.2, 0.25) is 0 Å². The molecule has 35 heavy (non-hydrogen) atoms. The van der Waals surface area contributed by atoms with Crippen LogP contribution in [0.15, 0.2) is 34.5 Å². The van der Waals surface area contributed by atoms with Gasteiger partial charge in [0.2, 0.25) is 5.91 Å². The highest BCUT2D eigenvalue weighted by Crippen LogP contribution is 2.38. The van der Waals surface area contributed by atoms with Gasteiger partial charge in [0.15, 0.2) is 0 Å². The topological polar surface area (TPSA) is 100 Å². The molecule has 1 rings (SSSR count). The van der Waals surface area contributed by atoms with Crippen LogP contribution < -0.4 is 11.1 Å². The zero-order valence-corrected chi connectivity index (χ0v) is 21.7. The van der Waals surface area contributed by atoms with E-state index >= 15 is 0 Å². The molecule has 7 nitrogen and oxygen atoms in total. The summed E-state index contributed by atoms with van der Waals surface area (Å²) in [7, 11) is 1.48. The van der Waals surface area contributed by atoms with E-state index in [2.05, 4.69) is 36.3 Å². The fourth-order valence-electron chi connectivity index (χ4n) is 4.02. The van der Waals surface area contributed by atoms with Crippen molar-refractivity contribution in [1.82, 2.24) is 10.2 Å². The maximum atomic E-state index is 14.3. The van der Waals surface area contributed by atoms with E-state index in [1.54, 1.807) is 11.0 Å². The van der Waals surface area contributed by atoms with Gasteiger partial charge in [0.1, 0.15) is 11.6 Å². The summed E-state index contributed by atoms with van der Waals surface area (Å²) in [5.41, 5.74) is 5.10. The number of halogens is 2. The first-order valence-electron chi connectivity index (χ1n) is 12.3. The largest absolute Gasteiger partial charge is 0.352 e. The summed E-state index contributed by atoms with van der Waals surface area (Å²) in [6.45, 7) is 9.92. The summed E-state index contributed by atoms with van der Waals surface area (Å²) in [6, 6.07) is 3.13. The predicted octanol–water partition coefficient (Wildman–Crippen LogP) is 5.91. The van der Waals surface area contributed by atoms with Crippen molar-refractivity contribution in [2.75, 3.05) is 26.7 Å². The molecular formula is C26H41F2N5O2. The number of amides is 3. The van der Waals surface area contributed by atoms with Gasteiger partial charge in [0.25, 0.3) is 0 Å². The van der Waals surface area contributed by atoms with Crippen LogP contribution in [0.4, 0.5) is 13.6 Å². The van der Waals surface area contributed by atoms with Crippen molar-refractivity contribution in [2.24, 2.45) is 27.3 Å². The van der Waals surface area contributed by atoms with Gasteiger partial charge in [-0.15, -0.1) is 0 Å². The zero-order valence-electron chi connectivity index (χ0n) is 21.7. The first kappa shape index (κ1) is 30.2. The number of urea groups is 1. The first-order chi connectivity index (χ1) is 16.6. The third-order valence-electron chi connectivity index (χ3n) is 6.64. The Labute approximate surface area is 208 Å². The molecule has 0 aliphatic rings. The Balaban J connectivity index is 2.83. The summed E-state index contributed by atoms with van der Waals surface area (Å²) in [6.07, 6.45) is 6.21. The maximum absolute atomic E-state index is 14.3. The summed E-state index contributed by atoms with van der Waals surface area (Å²) in [5, 5.41) is 10.2. The van der Waals surface area contributed by atoms with Gasteiger partial charge in [-0.2, -0.15) is 10.2 Å². The zero-order chi connectivity index (χ0) is 26.4. The van der Waals surface area contributed by atoms with Crippen LogP contribution in [0.25, 0.3) is 5.70 Å². The molecule has 0 saturated carbocycles. The lowest BCUT2D eigenvalue weighted by Gasteiger charge is -2.33. The van der Waals surface area contributed by atoms with E-state index < -0.39 is 17.7 Å². The number of nitrogens with zero attached hydrogens (tertiary/aromatic N) is 3. The number of unbranched alkanes of at least 4 members (excludes halogenated alkanes) is 1. The number of benzene rings is 1. The minimum atomic E-state index is -0.662. The summed E-state index contributed by atoms with van der Waals surface area (Å²) in [4.78, 5) is 24.9. The minimum Gasteiger partial charge on any atom is -0.352 e. The molecule has 1 aromatic rings. The van der Waals surface area contributed by atoms with Crippen molar-refractivity contribution in [3.8, 4) is 0 Å². The van der Waals surface area contributed by atoms with Crippen molar-refractivity contribution in [3.63, 3.8) is 0 Å². The number of azo groups is 1. The van der Waals surface area contributed by atoms with Crippen molar-refractivity contribution < 1.29 is 18.4 Å². The van der Waals surface area contributed by atoms with Gasteiger partial charge in [0, 0.05) is 33.1 Å². The third-order valence-corrected chi connectivity index (χ3v) is 6.64. The second-order valence-corrected chi connectivity index (χ2v) is 9.27. The predicted molar refractivity (Wildman–Crippen MR) is 136 cm³/mol. The number of nitrogens with two attached hydrogens (primary N) is 1.